The van der Waals surface area contributed by atoms with E-state index < -0.39 is 0 Å². The van der Waals surface area contributed by atoms with Crippen LogP contribution in [-0.4, -0.2) is 12.6 Å². The van der Waals surface area contributed by atoms with Crippen LogP contribution in [0.2, 0.25) is 0 Å². The van der Waals surface area contributed by atoms with Gasteiger partial charge in [-0.3, -0.25) is 0 Å². The van der Waals surface area contributed by atoms with Gasteiger partial charge in [0.15, 0.2) is 0 Å². The van der Waals surface area contributed by atoms with Gasteiger partial charge >= 0.3 is 0 Å². The number of fused-ring (bicyclic) bond motifs is 1. The standard InChI is InChI=1S/C15H22N2/c1-11-8-13(9-11)17-15-6-7-16-10-12-4-2-3-5-14(12)15/h2-5,11,13,15-17H,6-10H2,1H3. The smallest absolute Gasteiger partial charge is 0.0337 e. The van der Waals surface area contributed by atoms with Crippen molar-refractivity contribution in [1.29, 1.82) is 0 Å². The van der Waals surface area contributed by atoms with Crippen LogP contribution in [-0.2, 0) is 6.54 Å². The van der Waals surface area contributed by atoms with Gasteiger partial charge in [-0.1, -0.05) is 31.2 Å². The molecule has 1 saturated carbocycles. The van der Waals surface area contributed by atoms with Gasteiger partial charge in [0, 0.05) is 18.6 Å². The van der Waals surface area contributed by atoms with Gasteiger partial charge in [0.2, 0.25) is 0 Å². The van der Waals surface area contributed by atoms with E-state index >= 15 is 0 Å². The summed E-state index contributed by atoms with van der Waals surface area (Å²) in [5.74, 6) is 0.923. The summed E-state index contributed by atoms with van der Waals surface area (Å²) in [6.45, 7) is 4.49. The van der Waals surface area contributed by atoms with E-state index in [-0.39, 0.29) is 0 Å². The summed E-state index contributed by atoms with van der Waals surface area (Å²) < 4.78 is 0. The molecule has 1 aliphatic carbocycles. The van der Waals surface area contributed by atoms with Crippen LogP contribution >= 0.6 is 0 Å². The molecule has 92 valence electrons. The van der Waals surface area contributed by atoms with Gasteiger partial charge in [-0.05, 0) is 42.9 Å². The number of hydrogen-bond acceptors (Lipinski definition) is 2. The Labute approximate surface area is 104 Å². The molecule has 0 aromatic heterocycles. The zero-order chi connectivity index (χ0) is 11.7. The second kappa shape index (κ2) is 4.79. The van der Waals surface area contributed by atoms with E-state index in [1.54, 1.807) is 0 Å². The zero-order valence-electron chi connectivity index (χ0n) is 10.6. The van der Waals surface area contributed by atoms with E-state index in [1.807, 2.05) is 0 Å². The van der Waals surface area contributed by atoms with Crippen LogP contribution in [0, 0.1) is 5.92 Å². The van der Waals surface area contributed by atoms with E-state index in [0.29, 0.717) is 6.04 Å². The molecule has 0 amide bonds. The third-order valence-corrected chi connectivity index (χ3v) is 4.17. The maximum Gasteiger partial charge on any atom is 0.0337 e. The molecule has 2 N–H and O–H groups in total. The fraction of sp³-hybridized carbons (Fsp3) is 0.600. The predicted octanol–water partition coefficient (Wildman–Crippen LogP) is 2.61. The lowest BCUT2D eigenvalue weighted by atomic mass is 9.81. The largest absolute Gasteiger partial charge is 0.313 e. The first-order valence-electron chi connectivity index (χ1n) is 6.87. The van der Waals surface area contributed by atoms with Crippen LogP contribution in [0.1, 0.15) is 43.4 Å². The quantitative estimate of drug-likeness (QED) is 0.816. The highest BCUT2D eigenvalue weighted by Gasteiger charge is 2.28. The molecular formula is C15H22N2. The second-order valence-corrected chi connectivity index (χ2v) is 5.66. The van der Waals surface area contributed by atoms with Gasteiger partial charge in [0.05, 0.1) is 0 Å². The average Bonchev–Trinajstić information content (AvgIpc) is 2.50. The Hall–Kier alpha value is -0.860. The normalized spacial score (nSPS) is 32.4. The molecule has 0 radical (unpaired) electrons. The Morgan fingerprint density at radius 3 is 2.88 bits per heavy atom. The van der Waals surface area contributed by atoms with E-state index in [9.17, 15) is 0 Å². The molecule has 1 atom stereocenters. The summed E-state index contributed by atoms with van der Waals surface area (Å²) in [5.41, 5.74) is 2.98. The minimum absolute atomic E-state index is 0.554. The molecule has 1 unspecified atom stereocenters. The Morgan fingerprint density at radius 2 is 2.06 bits per heavy atom. The first kappa shape index (κ1) is 11.2. The van der Waals surface area contributed by atoms with Gasteiger partial charge in [0.25, 0.3) is 0 Å². The molecule has 0 bridgehead atoms. The molecule has 2 heteroatoms. The average molecular weight is 230 g/mol. The van der Waals surface area contributed by atoms with E-state index in [2.05, 4.69) is 41.8 Å². The molecule has 17 heavy (non-hydrogen) atoms. The minimum Gasteiger partial charge on any atom is -0.313 e. The summed E-state index contributed by atoms with van der Waals surface area (Å²) in [6.07, 6.45) is 3.92. The SMILES string of the molecule is CC1CC(NC2CCNCc3ccccc32)C1. The highest BCUT2D eigenvalue weighted by molar-refractivity contribution is 5.31. The predicted molar refractivity (Wildman–Crippen MR) is 70.8 cm³/mol. The van der Waals surface area contributed by atoms with Gasteiger partial charge in [-0.25, -0.2) is 0 Å². The second-order valence-electron chi connectivity index (χ2n) is 5.66. The summed E-state index contributed by atoms with van der Waals surface area (Å²) in [7, 11) is 0. The van der Waals surface area contributed by atoms with Crippen molar-refractivity contribution < 1.29 is 0 Å². The highest BCUT2D eigenvalue weighted by atomic mass is 15.0. The van der Waals surface area contributed by atoms with Crippen molar-refractivity contribution in [2.75, 3.05) is 6.54 Å². The topological polar surface area (TPSA) is 24.1 Å². The minimum atomic E-state index is 0.554. The van der Waals surface area contributed by atoms with Crippen molar-refractivity contribution in [3.63, 3.8) is 0 Å². The van der Waals surface area contributed by atoms with Crippen LogP contribution in [0.4, 0.5) is 0 Å². The fourth-order valence-corrected chi connectivity index (χ4v) is 3.16. The van der Waals surface area contributed by atoms with E-state index in [4.69, 9.17) is 0 Å². The van der Waals surface area contributed by atoms with Crippen LogP contribution in [0.5, 0.6) is 0 Å². The van der Waals surface area contributed by atoms with Gasteiger partial charge in [0.1, 0.15) is 0 Å². The van der Waals surface area contributed by atoms with E-state index in [0.717, 1.165) is 25.0 Å². The Kier molecular flexibility index (Phi) is 3.17. The van der Waals surface area contributed by atoms with Gasteiger partial charge in [-0.2, -0.15) is 0 Å². The van der Waals surface area contributed by atoms with Gasteiger partial charge in [-0.15, -0.1) is 0 Å². The molecule has 1 aliphatic heterocycles. The molecule has 2 aliphatic rings. The van der Waals surface area contributed by atoms with Crippen LogP contribution < -0.4 is 10.6 Å². The summed E-state index contributed by atoms with van der Waals surface area (Å²) in [4.78, 5) is 0. The summed E-state index contributed by atoms with van der Waals surface area (Å²) in [5, 5.41) is 7.35. The lowest BCUT2D eigenvalue weighted by Crippen LogP contribution is -2.42. The molecule has 0 saturated heterocycles. The molecule has 2 nitrogen and oxygen atoms in total. The first-order valence-corrected chi connectivity index (χ1v) is 6.87. The van der Waals surface area contributed by atoms with Crippen molar-refractivity contribution in [3.8, 4) is 0 Å². The first-order chi connectivity index (χ1) is 8.33. The third-order valence-electron chi connectivity index (χ3n) is 4.17. The molecule has 1 aromatic rings. The van der Waals surface area contributed by atoms with Crippen LogP contribution in [0.3, 0.4) is 0 Å². The third kappa shape index (κ3) is 2.38. The lowest BCUT2D eigenvalue weighted by Gasteiger charge is -2.36. The van der Waals surface area contributed by atoms with E-state index in [1.165, 1.54) is 30.4 Å². The monoisotopic (exact) mass is 230 g/mol. The number of nitrogens with one attached hydrogen (secondary N) is 2. The van der Waals surface area contributed by atoms with Gasteiger partial charge < -0.3 is 10.6 Å². The lowest BCUT2D eigenvalue weighted by molar-refractivity contribution is 0.219. The van der Waals surface area contributed by atoms with Crippen LogP contribution in [0.15, 0.2) is 24.3 Å². The molecule has 0 spiro atoms. The number of rotatable bonds is 2. The maximum atomic E-state index is 3.84. The molecule has 1 fully saturated rings. The Bertz CT molecular complexity index is 382. The summed E-state index contributed by atoms with van der Waals surface area (Å²) in [6, 6.07) is 10.2. The molecule has 3 rings (SSSR count). The van der Waals surface area contributed by atoms with Crippen molar-refractivity contribution in [3.05, 3.63) is 35.4 Å². The zero-order valence-corrected chi connectivity index (χ0v) is 10.6. The van der Waals surface area contributed by atoms with Crippen molar-refractivity contribution in [2.24, 2.45) is 5.92 Å². The fourth-order valence-electron chi connectivity index (χ4n) is 3.16. The number of hydrogen-bond donors (Lipinski definition) is 2. The molecule has 1 aromatic carbocycles. The van der Waals surface area contributed by atoms with Crippen molar-refractivity contribution in [2.45, 2.75) is 44.8 Å². The summed E-state index contributed by atoms with van der Waals surface area (Å²) >= 11 is 0. The maximum absolute atomic E-state index is 3.84. The Morgan fingerprint density at radius 1 is 1.24 bits per heavy atom. The van der Waals surface area contributed by atoms with Crippen molar-refractivity contribution >= 4 is 0 Å². The highest BCUT2D eigenvalue weighted by Crippen LogP contribution is 2.31. The number of benzene rings is 1. The van der Waals surface area contributed by atoms with Crippen LogP contribution in [0.25, 0.3) is 0 Å². The molecule has 1 heterocycles. The van der Waals surface area contributed by atoms with Crippen molar-refractivity contribution in [1.82, 2.24) is 10.6 Å². The Balaban J connectivity index is 1.75. The molecular weight excluding hydrogens is 208 g/mol.